The third-order valence-corrected chi connectivity index (χ3v) is 7.19. The van der Waals surface area contributed by atoms with Crippen molar-refractivity contribution in [2.24, 2.45) is 0 Å². The molecule has 41 heavy (non-hydrogen) atoms. The Kier molecular flexibility index (Phi) is 11.8. The van der Waals surface area contributed by atoms with E-state index in [0.29, 0.717) is 37.2 Å². The number of ether oxygens (including phenoxy) is 2. The van der Waals surface area contributed by atoms with Gasteiger partial charge in [-0.2, -0.15) is 0 Å². The molecule has 0 aliphatic carbocycles. The first-order chi connectivity index (χ1) is 19.2. The number of nitrogens with zero attached hydrogens (tertiary/aromatic N) is 1. The minimum Gasteiger partial charge on any atom is -0.870 e. The molecule has 1 aliphatic heterocycles. The summed E-state index contributed by atoms with van der Waals surface area (Å²) >= 11 is 0. The van der Waals surface area contributed by atoms with Crippen LogP contribution in [-0.4, -0.2) is 56.4 Å². The van der Waals surface area contributed by atoms with Gasteiger partial charge in [0.05, 0.1) is 39.5 Å². The molecule has 2 amide bonds. The fraction of sp³-hybridized carbons (Fsp3) is 0.375. The summed E-state index contributed by atoms with van der Waals surface area (Å²) in [6.07, 6.45) is 2.87. The van der Waals surface area contributed by atoms with Crippen molar-refractivity contribution < 1.29 is 28.7 Å². The standard InChI is InChI=1S/C32H39N3O5.HI/c1-4-39-30-22-25(14-16-29(30)36)33-31(37)12-8-9-23-13-15-28(27(21-23)24-10-6-5-7-11-24)34-32(38)40-26-17-19-35(2,3)20-18-26;/h5-7,10-11,13-16,21-22,26H,4,8-9,12,17-20H2,1-3H3,(H2-,33,34,36,37,38);1H. The lowest BCUT2D eigenvalue weighted by molar-refractivity contribution is -0.896. The van der Waals surface area contributed by atoms with E-state index < -0.39 is 6.09 Å². The molecule has 2 N–H and O–H groups in total. The number of quaternary nitrogens is 1. The first kappa shape index (κ1) is 32.2. The second-order valence-corrected chi connectivity index (χ2v) is 10.9. The zero-order valence-corrected chi connectivity index (χ0v) is 26.3. The predicted molar refractivity (Wildman–Crippen MR) is 171 cm³/mol. The maximum absolute atomic E-state index is 12.8. The maximum Gasteiger partial charge on any atom is 0.411 e. The highest BCUT2D eigenvalue weighted by atomic mass is 127. The van der Waals surface area contributed by atoms with Gasteiger partial charge >= 0.3 is 6.09 Å². The van der Waals surface area contributed by atoms with Crippen LogP contribution in [0.2, 0.25) is 0 Å². The highest BCUT2D eigenvalue weighted by molar-refractivity contribution is 14.0. The highest BCUT2D eigenvalue weighted by Crippen LogP contribution is 2.31. The van der Waals surface area contributed by atoms with Crippen LogP contribution in [0.4, 0.5) is 16.2 Å². The monoisotopic (exact) mass is 673 g/mol. The number of benzene rings is 3. The zero-order valence-electron chi connectivity index (χ0n) is 24.0. The van der Waals surface area contributed by atoms with Crippen LogP contribution in [0, 0.1) is 0 Å². The second kappa shape index (κ2) is 15.1. The Labute approximate surface area is 259 Å². The van der Waals surface area contributed by atoms with Gasteiger partial charge in [-0.05, 0) is 49.1 Å². The van der Waals surface area contributed by atoms with Crippen molar-refractivity contribution in [3.05, 3.63) is 72.3 Å². The maximum atomic E-state index is 12.8. The summed E-state index contributed by atoms with van der Waals surface area (Å²) in [4.78, 5) is 25.3. The molecule has 3 aromatic rings. The quantitative estimate of drug-likeness (QED) is 0.198. The molecule has 3 aromatic carbocycles. The van der Waals surface area contributed by atoms with Crippen molar-refractivity contribution in [2.75, 3.05) is 44.4 Å². The van der Waals surface area contributed by atoms with E-state index in [-0.39, 0.29) is 47.5 Å². The summed E-state index contributed by atoms with van der Waals surface area (Å²) in [7, 11) is 4.39. The van der Waals surface area contributed by atoms with Gasteiger partial charge in [0.15, 0.2) is 0 Å². The van der Waals surface area contributed by atoms with E-state index in [1.165, 1.54) is 6.07 Å². The Bertz CT molecular complexity index is 1310. The fourth-order valence-corrected chi connectivity index (χ4v) is 4.89. The molecule has 220 valence electrons. The van der Waals surface area contributed by atoms with E-state index in [9.17, 15) is 14.7 Å². The molecule has 0 radical (unpaired) electrons. The van der Waals surface area contributed by atoms with Gasteiger partial charge in [-0.1, -0.05) is 48.2 Å². The van der Waals surface area contributed by atoms with Crippen LogP contribution in [0.25, 0.3) is 11.1 Å². The van der Waals surface area contributed by atoms with E-state index in [0.717, 1.165) is 47.1 Å². The Hall–Kier alpha value is -3.31. The Morgan fingerprint density at radius 2 is 1.71 bits per heavy atom. The topological polar surface area (TPSA) is 99.7 Å². The van der Waals surface area contributed by atoms with Crippen molar-refractivity contribution in [1.82, 2.24) is 0 Å². The molecule has 0 unspecified atom stereocenters. The Balaban J connectivity index is 0.00000462. The lowest BCUT2D eigenvalue weighted by atomic mass is 9.98. The molecule has 8 nitrogen and oxygen atoms in total. The van der Waals surface area contributed by atoms with Crippen LogP contribution < -0.4 is 20.5 Å². The first-order valence-corrected chi connectivity index (χ1v) is 13.9. The molecule has 9 heteroatoms. The third-order valence-electron chi connectivity index (χ3n) is 7.19. The Morgan fingerprint density at radius 1 is 0.976 bits per heavy atom. The van der Waals surface area contributed by atoms with Crippen LogP contribution >= 0.6 is 24.0 Å². The molecular formula is C32H40IN3O5. The number of amides is 2. The summed E-state index contributed by atoms with van der Waals surface area (Å²) in [5.74, 6) is -0.110. The number of likely N-dealkylation sites (tertiary alicyclic amines) is 1. The molecule has 0 atom stereocenters. The van der Waals surface area contributed by atoms with Gasteiger partial charge in [-0.15, -0.1) is 24.0 Å². The minimum absolute atomic E-state index is 0. The number of nitrogens with one attached hydrogen (secondary N) is 2. The summed E-state index contributed by atoms with van der Waals surface area (Å²) in [6, 6.07) is 20.4. The van der Waals surface area contributed by atoms with Gasteiger partial charge in [0.2, 0.25) is 5.91 Å². The fourth-order valence-electron chi connectivity index (χ4n) is 4.89. The van der Waals surface area contributed by atoms with Gasteiger partial charge in [-0.3, -0.25) is 10.1 Å². The van der Waals surface area contributed by atoms with Crippen LogP contribution in [0.1, 0.15) is 38.2 Å². The number of rotatable bonds is 10. The first-order valence-electron chi connectivity index (χ1n) is 13.9. The van der Waals surface area contributed by atoms with Crippen LogP contribution in [0.5, 0.6) is 11.5 Å². The molecule has 0 spiro atoms. The van der Waals surface area contributed by atoms with Gasteiger partial charge in [0, 0.05) is 36.6 Å². The lowest BCUT2D eigenvalue weighted by Crippen LogP contribution is -2.48. The molecule has 0 aromatic heterocycles. The van der Waals surface area contributed by atoms with E-state index in [4.69, 9.17) is 9.47 Å². The summed E-state index contributed by atoms with van der Waals surface area (Å²) < 4.78 is 12.0. The van der Waals surface area contributed by atoms with Gasteiger partial charge < -0.3 is 24.4 Å². The van der Waals surface area contributed by atoms with Crippen molar-refractivity contribution in [3.8, 4) is 22.6 Å². The molecule has 1 saturated heterocycles. The molecular weight excluding hydrogens is 633 g/mol. The average Bonchev–Trinajstić information content (AvgIpc) is 2.93. The van der Waals surface area contributed by atoms with Crippen LogP contribution in [0.15, 0.2) is 66.7 Å². The summed E-state index contributed by atoms with van der Waals surface area (Å²) in [5, 5.41) is 17.6. The van der Waals surface area contributed by atoms with E-state index >= 15 is 0 Å². The number of anilines is 2. The number of halogens is 1. The molecule has 1 fully saturated rings. The summed E-state index contributed by atoms with van der Waals surface area (Å²) in [5.41, 5.74) is 4.18. The SMILES string of the molecule is CCOc1cc(NC(=O)CCCc2ccc(NC(=O)OC3CC[N+](C)(C)CC3)c(-c3ccccc3)c2)ccc1[O-].I. The zero-order chi connectivity index (χ0) is 28.5. The van der Waals surface area contributed by atoms with Crippen molar-refractivity contribution >= 4 is 47.4 Å². The molecule has 4 rings (SSSR count). The smallest absolute Gasteiger partial charge is 0.411 e. The number of carbonyl (C=O) groups excluding carboxylic acids is 2. The van der Waals surface area contributed by atoms with Crippen molar-refractivity contribution in [2.45, 2.75) is 45.1 Å². The van der Waals surface area contributed by atoms with Crippen molar-refractivity contribution in [1.29, 1.82) is 0 Å². The molecule has 0 bridgehead atoms. The van der Waals surface area contributed by atoms with Gasteiger partial charge in [-0.25, -0.2) is 4.79 Å². The van der Waals surface area contributed by atoms with Gasteiger partial charge in [0.1, 0.15) is 11.9 Å². The molecule has 1 heterocycles. The normalized spacial score (nSPS) is 14.4. The minimum atomic E-state index is -0.434. The summed E-state index contributed by atoms with van der Waals surface area (Å²) in [6.45, 7) is 4.16. The predicted octanol–water partition coefficient (Wildman–Crippen LogP) is 6.19. The van der Waals surface area contributed by atoms with Crippen LogP contribution in [0.3, 0.4) is 0 Å². The average molecular weight is 674 g/mol. The molecule has 1 aliphatic rings. The molecule has 0 saturated carbocycles. The number of aryl methyl sites for hydroxylation is 1. The van der Waals surface area contributed by atoms with Crippen LogP contribution in [-0.2, 0) is 16.0 Å². The van der Waals surface area contributed by atoms with E-state index in [1.807, 2.05) is 42.5 Å². The number of piperidine rings is 1. The Morgan fingerprint density at radius 3 is 2.41 bits per heavy atom. The number of carbonyl (C=O) groups is 2. The highest BCUT2D eigenvalue weighted by Gasteiger charge is 2.28. The van der Waals surface area contributed by atoms with Crippen molar-refractivity contribution in [3.63, 3.8) is 0 Å². The number of hydrogen-bond donors (Lipinski definition) is 2. The second-order valence-electron chi connectivity index (χ2n) is 10.9. The number of hydrogen-bond acceptors (Lipinski definition) is 5. The third kappa shape index (κ3) is 9.64. The largest absolute Gasteiger partial charge is 0.870 e. The van der Waals surface area contributed by atoms with E-state index in [2.05, 4.69) is 30.8 Å². The van der Waals surface area contributed by atoms with E-state index in [1.54, 1.807) is 19.1 Å². The lowest BCUT2D eigenvalue weighted by Gasteiger charge is -2.36. The van der Waals surface area contributed by atoms with Gasteiger partial charge in [0.25, 0.3) is 0 Å².